The van der Waals surface area contributed by atoms with Gasteiger partial charge in [-0.2, -0.15) is 4.37 Å². The third kappa shape index (κ3) is 5.12. The lowest BCUT2D eigenvalue weighted by Crippen LogP contribution is -2.16. The van der Waals surface area contributed by atoms with Gasteiger partial charge in [0.1, 0.15) is 5.01 Å². The third-order valence-electron chi connectivity index (χ3n) is 8.41. The number of fused-ring (bicyclic) bond motifs is 3. The molecule has 0 amide bonds. The Bertz CT molecular complexity index is 2180. The van der Waals surface area contributed by atoms with Gasteiger partial charge in [-0.25, -0.2) is 4.98 Å². The van der Waals surface area contributed by atoms with Crippen LogP contribution in [-0.4, -0.2) is 9.36 Å². The summed E-state index contributed by atoms with van der Waals surface area (Å²) in [7, 11) is 0. The van der Waals surface area contributed by atoms with E-state index in [2.05, 4.69) is 159 Å². The Morgan fingerprint density at radius 3 is 2.18 bits per heavy atom. The monoisotopic (exact) mass is 617 g/mol. The highest BCUT2D eigenvalue weighted by molar-refractivity contribution is 7.99. The van der Waals surface area contributed by atoms with Crippen molar-refractivity contribution in [2.45, 2.75) is 36.0 Å². The van der Waals surface area contributed by atoms with Crippen LogP contribution in [0.25, 0.3) is 43.9 Å². The second kappa shape index (κ2) is 11.0. The fraction of sp³-hybridized carbons (Fsp3) is 0.100. The molecule has 7 aromatic rings. The third-order valence-corrected chi connectivity index (χ3v) is 10.3. The summed E-state index contributed by atoms with van der Waals surface area (Å²) in [6, 6.07) is 47.9. The van der Waals surface area contributed by atoms with E-state index < -0.39 is 0 Å². The van der Waals surface area contributed by atoms with Crippen molar-refractivity contribution in [2.75, 3.05) is 4.90 Å². The van der Waals surface area contributed by atoms with Crippen LogP contribution in [0.4, 0.5) is 17.1 Å². The van der Waals surface area contributed by atoms with Crippen molar-refractivity contribution in [3.8, 4) is 33.1 Å². The highest BCUT2D eigenvalue weighted by Gasteiger charge is 2.26. The molecule has 0 saturated carbocycles. The molecule has 8 rings (SSSR count). The summed E-state index contributed by atoms with van der Waals surface area (Å²) in [4.78, 5) is 9.91. The first-order valence-corrected chi connectivity index (χ1v) is 16.8. The molecule has 0 bridgehead atoms. The number of aromatic nitrogens is 2. The molecule has 0 spiro atoms. The van der Waals surface area contributed by atoms with Crippen LogP contribution < -0.4 is 4.90 Å². The van der Waals surface area contributed by atoms with E-state index in [1.54, 1.807) is 0 Å². The summed E-state index contributed by atoms with van der Waals surface area (Å²) in [6.45, 7) is 6.77. The molecule has 0 aliphatic carbocycles. The molecule has 1 aliphatic heterocycles. The molecule has 45 heavy (non-hydrogen) atoms. The first kappa shape index (κ1) is 27.8. The predicted octanol–water partition coefficient (Wildman–Crippen LogP) is 11.9. The van der Waals surface area contributed by atoms with E-state index in [0.29, 0.717) is 0 Å². The number of nitrogens with zero attached hydrogens (tertiary/aromatic N) is 3. The van der Waals surface area contributed by atoms with Gasteiger partial charge in [-0.05, 0) is 86.9 Å². The first-order valence-electron chi connectivity index (χ1n) is 15.2. The average molecular weight is 618 g/mol. The lowest BCUT2D eigenvalue weighted by molar-refractivity contribution is 0.590. The molecule has 3 nitrogen and oxygen atoms in total. The van der Waals surface area contributed by atoms with Gasteiger partial charge in [0.15, 0.2) is 5.82 Å². The van der Waals surface area contributed by atoms with Gasteiger partial charge in [-0.15, -0.1) is 0 Å². The fourth-order valence-corrected chi connectivity index (χ4v) is 7.74. The Balaban J connectivity index is 1.16. The number of benzene rings is 6. The van der Waals surface area contributed by atoms with Crippen molar-refractivity contribution in [3.63, 3.8) is 0 Å². The van der Waals surface area contributed by atoms with Gasteiger partial charge in [-0.3, -0.25) is 0 Å². The molecule has 0 radical (unpaired) electrons. The largest absolute Gasteiger partial charge is 0.308 e. The number of rotatable bonds is 4. The molecular weight excluding hydrogens is 587 g/mol. The molecule has 5 heteroatoms. The standard InChI is InChI=1S/C40H31N3S2/c1-40(2,3)30-18-20-31(21-19-30)43-34-14-7-8-15-36(34)44-37-23-17-29(25-35(37)43)39-41-38(42-45-39)28-16-22-33-27(24-28)12-9-13-32(33)26-10-5-4-6-11-26/h4-25H,1-3H3. The zero-order chi connectivity index (χ0) is 30.5. The maximum atomic E-state index is 5.05. The van der Waals surface area contributed by atoms with Crippen molar-refractivity contribution < 1.29 is 0 Å². The number of para-hydroxylation sites is 1. The summed E-state index contributed by atoms with van der Waals surface area (Å²) in [5, 5.41) is 3.33. The Hall–Kier alpha value is -4.71. The molecule has 2 heterocycles. The minimum absolute atomic E-state index is 0.101. The Kier molecular flexibility index (Phi) is 6.81. The van der Waals surface area contributed by atoms with Gasteiger partial charge in [0.05, 0.1) is 11.4 Å². The number of hydrogen-bond donors (Lipinski definition) is 0. The molecule has 1 aliphatic rings. The molecule has 1 aromatic heterocycles. The minimum Gasteiger partial charge on any atom is -0.308 e. The average Bonchev–Trinajstić information content (AvgIpc) is 3.57. The summed E-state index contributed by atoms with van der Waals surface area (Å²) in [6.07, 6.45) is 0. The van der Waals surface area contributed by atoms with E-state index in [4.69, 9.17) is 9.36 Å². The normalized spacial score (nSPS) is 12.6. The highest BCUT2D eigenvalue weighted by Crippen LogP contribution is 2.52. The molecule has 0 atom stereocenters. The van der Waals surface area contributed by atoms with Gasteiger partial charge in [-0.1, -0.05) is 124 Å². The summed E-state index contributed by atoms with van der Waals surface area (Å²) in [5.41, 5.74) is 9.48. The first-order chi connectivity index (χ1) is 21.9. The van der Waals surface area contributed by atoms with Gasteiger partial charge in [0.25, 0.3) is 0 Å². The van der Waals surface area contributed by atoms with Gasteiger partial charge in [0.2, 0.25) is 0 Å². The van der Waals surface area contributed by atoms with E-state index >= 15 is 0 Å². The highest BCUT2D eigenvalue weighted by atomic mass is 32.2. The summed E-state index contributed by atoms with van der Waals surface area (Å²) >= 11 is 3.28. The van der Waals surface area contributed by atoms with E-state index in [1.165, 1.54) is 54.5 Å². The van der Waals surface area contributed by atoms with Crippen LogP contribution in [0.3, 0.4) is 0 Å². The van der Waals surface area contributed by atoms with E-state index in [-0.39, 0.29) is 5.41 Å². The Labute approximate surface area is 272 Å². The quantitative estimate of drug-likeness (QED) is 0.196. The molecule has 0 saturated heterocycles. The smallest absolute Gasteiger partial charge is 0.173 e. The molecule has 6 aromatic carbocycles. The molecule has 218 valence electrons. The topological polar surface area (TPSA) is 29.0 Å². The maximum absolute atomic E-state index is 5.05. The van der Waals surface area contributed by atoms with Crippen molar-refractivity contribution in [2.24, 2.45) is 0 Å². The summed E-state index contributed by atoms with van der Waals surface area (Å²) in [5.74, 6) is 0.758. The molecule has 0 fully saturated rings. The van der Waals surface area contributed by atoms with Crippen LogP contribution >= 0.6 is 23.3 Å². The summed E-state index contributed by atoms with van der Waals surface area (Å²) < 4.78 is 4.82. The van der Waals surface area contributed by atoms with Gasteiger partial charge < -0.3 is 4.90 Å². The fourth-order valence-electron chi connectivity index (χ4n) is 6.03. The van der Waals surface area contributed by atoms with Crippen molar-refractivity contribution in [1.29, 1.82) is 0 Å². The van der Waals surface area contributed by atoms with E-state index in [9.17, 15) is 0 Å². The van der Waals surface area contributed by atoms with E-state index in [1.807, 2.05) is 11.8 Å². The zero-order valence-corrected chi connectivity index (χ0v) is 27.0. The minimum atomic E-state index is 0.101. The molecule has 0 N–H and O–H groups in total. The van der Waals surface area contributed by atoms with Crippen LogP contribution in [-0.2, 0) is 5.41 Å². The maximum Gasteiger partial charge on any atom is 0.173 e. The van der Waals surface area contributed by atoms with Crippen LogP contribution in [0.1, 0.15) is 26.3 Å². The van der Waals surface area contributed by atoms with Crippen LogP contribution in [0, 0.1) is 0 Å². The Morgan fingerprint density at radius 1 is 0.600 bits per heavy atom. The van der Waals surface area contributed by atoms with Gasteiger partial charge in [0, 0.05) is 26.6 Å². The van der Waals surface area contributed by atoms with Crippen molar-refractivity contribution in [1.82, 2.24) is 9.36 Å². The van der Waals surface area contributed by atoms with Crippen LogP contribution in [0.15, 0.2) is 143 Å². The SMILES string of the molecule is CC(C)(C)c1ccc(N2c3ccccc3Sc3ccc(-c4nc(-c5ccc6c(-c7ccccc7)cccc6c5)ns4)cc32)cc1. The number of anilines is 3. The van der Waals surface area contributed by atoms with Crippen LogP contribution in [0.2, 0.25) is 0 Å². The molecule has 0 unspecified atom stereocenters. The molecular formula is C40H31N3S2. The van der Waals surface area contributed by atoms with Crippen molar-refractivity contribution >= 4 is 51.1 Å². The number of hydrogen-bond acceptors (Lipinski definition) is 5. The Morgan fingerprint density at radius 2 is 1.36 bits per heavy atom. The van der Waals surface area contributed by atoms with Crippen LogP contribution in [0.5, 0.6) is 0 Å². The second-order valence-corrected chi connectivity index (χ2v) is 14.3. The lowest BCUT2D eigenvalue weighted by atomic mass is 9.87. The zero-order valence-electron chi connectivity index (χ0n) is 25.4. The predicted molar refractivity (Wildman–Crippen MR) is 191 cm³/mol. The second-order valence-electron chi connectivity index (χ2n) is 12.4. The van der Waals surface area contributed by atoms with Gasteiger partial charge >= 0.3 is 0 Å². The van der Waals surface area contributed by atoms with Crippen molar-refractivity contribution in [3.05, 3.63) is 139 Å². The lowest BCUT2D eigenvalue weighted by Gasteiger charge is -2.33. The van der Waals surface area contributed by atoms with E-state index in [0.717, 1.165) is 33.3 Å².